The Morgan fingerprint density at radius 1 is 1.22 bits per heavy atom. The van der Waals surface area contributed by atoms with Crippen LogP contribution >= 0.6 is 11.3 Å². The quantitative estimate of drug-likeness (QED) is 0.628. The van der Waals surface area contributed by atoms with Crippen LogP contribution in [0.25, 0.3) is 21.1 Å². The zero-order valence-corrected chi connectivity index (χ0v) is 13.3. The molecule has 6 heteroatoms. The summed E-state index contributed by atoms with van der Waals surface area (Å²) in [6, 6.07) is 13.6. The Hall–Kier alpha value is -2.73. The number of thiazole rings is 1. The highest BCUT2D eigenvalue weighted by Crippen LogP contribution is 2.23. The minimum absolute atomic E-state index is 0.0425. The molecule has 0 aliphatic carbocycles. The average molecular weight is 322 g/mol. The third-order valence-electron chi connectivity index (χ3n) is 3.76. The van der Waals surface area contributed by atoms with Crippen LogP contribution in [0, 0.1) is 0 Å². The lowest BCUT2D eigenvalue weighted by molar-refractivity contribution is 0.0787. The third kappa shape index (κ3) is 2.47. The molecule has 0 spiro atoms. The van der Waals surface area contributed by atoms with Gasteiger partial charge in [0, 0.05) is 12.4 Å². The smallest absolute Gasteiger partial charge is 0.256 e. The Morgan fingerprint density at radius 2 is 2.09 bits per heavy atom. The predicted octanol–water partition coefficient (Wildman–Crippen LogP) is 3.44. The maximum absolute atomic E-state index is 12.7. The van der Waals surface area contributed by atoms with E-state index in [1.807, 2.05) is 42.5 Å². The number of hydrogen-bond acceptors (Lipinski definition) is 4. The van der Waals surface area contributed by atoms with Crippen LogP contribution in [0.4, 0.5) is 0 Å². The van der Waals surface area contributed by atoms with Crippen LogP contribution in [0.2, 0.25) is 0 Å². The van der Waals surface area contributed by atoms with Gasteiger partial charge in [-0.2, -0.15) is 5.10 Å². The lowest BCUT2D eigenvalue weighted by atomic mass is 10.1. The van der Waals surface area contributed by atoms with E-state index in [9.17, 15) is 4.79 Å². The number of fused-ring (bicyclic) bond motifs is 2. The number of hydrogen-bond donors (Lipinski definition) is 1. The molecule has 4 aromatic rings. The fraction of sp³-hybridized carbons (Fsp3) is 0.118. The van der Waals surface area contributed by atoms with Gasteiger partial charge in [0.1, 0.15) is 5.01 Å². The molecule has 2 aromatic heterocycles. The number of H-pyrrole nitrogens is 1. The molecule has 0 bridgehead atoms. The molecule has 0 fully saturated rings. The maximum Gasteiger partial charge on any atom is 0.256 e. The zero-order valence-electron chi connectivity index (χ0n) is 12.5. The van der Waals surface area contributed by atoms with Gasteiger partial charge in [-0.3, -0.25) is 9.89 Å². The summed E-state index contributed by atoms with van der Waals surface area (Å²) in [6.45, 7) is 0.489. The van der Waals surface area contributed by atoms with Crippen molar-refractivity contribution in [1.29, 1.82) is 0 Å². The van der Waals surface area contributed by atoms with Gasteiger partial charge in [0.25, 0.3) is 5.91 Å². The molecule has 0 atom stereocenters. The second-order valence-corrected chi connectivity index (χ2v) is 6.49. The molecule has 23 heavy (non-hydrogen) atoms. The predicted molar refractivity (Wildman–Crippen MR) is 91.5 cm³/mol. The number of carbonyl (C=O) groups is 1. The van der Waals surface area contributed by atoms with Crippen molar-refractivity contribution in [3.63, 3.8) is 0 Å². The summed E-state index contributed by atoms with van der Waals surface area (Å²) in [5.41, 5.74) is 2.38. The fourth-order valence-electron chi connectivity index (χ4n) is 2.61. The number of aromatic nitrogens is 3. The number of nitrogens with one attached hydrogen (secondary N) is 1. The molecule has 5 nitrogen and oxygen atoms in total. The first kappa shape index (κ1) is 13.9. The summed E-state index contributed by atoms with van der Waals surface area (Å²) in [4.78, 5) is 19.0. The molecular formula is C17H14N4OS. The van der Waals surface area contributed by atoms with Gasteiger partial charge in [-0.25, -0.2) is 4.98 Å². The van der Waals surface area contributed by atoms with Gasteiger partial charge >= 0.3 is 0 Å². The van der Waals surface area contributed by atoms with Gasteiger partial charge in [0.15, 0.2) is 0 Å². The standard InChI is InChI=1S/C17H14N4OS/c1-21(10-15-19-13-7-2-3-8-14(13)23-15)17(22)12-6-4-5-11-9-18-20-16(11)12/h2-9H,10H2,1H3,(H,18,20). The molecule has 114 valence electrons. The summed E-state index contributed by atoms with van der Waals surface area (Å²) in [5, 5.41) is 8.77. The van der Waals surface area contributed by atoms with E-state index >= 15 is 0 Å². The van der Waals surface area contributed by atoms with E-state index in [4.69, 9.17) is 0 Å². The molecule has 0 saturated heterocycles. The van der Waals surface area contributed by atoms with Gasteiger partial charge in [0.2, 0.25) is 0 Å². The van der Waals surface area contributed by atoms with Crippen LogP contribution in [-0.2, 0) is 6.54 Å². The van der Waals surface area contributed by atoms with Crippen LogP contribution in [0.3, 0.4) is 0 Å². The third-order valence-corrected chi connectivity index (χ3v) is 4.79. The van der Waals surface area contributed by atoms with Gasteiger partial charge in [0.05, 0.1) is 34.0 Å². The van der Waals surface area contributed by atoms with Gasteiger partial charge in [-0.15, -0.1) is 11.3 Å². The number of benzene rings is 2. The van der Waals surface area contributed by atoms with E-state index in [1.54, 1.807) is 29.5 Å². The van der Waals surface area contributed by atoms with E-state index in [2.05, 4.69) is 15.2 Å². The number of carbonyl (C=O) groups excluding carboxylic acids is 1. The zero-order chi connectivity index (χ0) is 15.8. The molecule has 4 rings (SSSR count). The van der Waals surface area contributed by atoms with Crippen molar-refractivity contribution in [3.05, 3.63) is 59.2 Å². The van der Waals surface area contributed by atoms with Crippen molar-refractivity contribution in [2.45, 2.75) is 6.54 Å². The van der Waals surface area contributed by atoms with E-state index in [1.165, 1.54) is 0 Å². The van der Waals surface area contributed by atoms with Gasteiger partial charge < -0.3 is 4.90 Å². The van der Waals surface area contributed by atoms with Crippen molar-refractivity contribution in [2.24, 2.45) is 0 Å². The van der Waals surface area contributed by atoms with Crippen LogP contribution in [0.15, 0.2) is 48.7 Å². The van der Waals surface area contributed by atoms with Crippen molar-refractivity contribution >= 4 is 38.4 Å². The van der Waals surface area contributed by atoms with E-state index < -0.39 is 0 Å². The number of aromatic amines is 1. The number of rotatable bonds is 3. The molecule has 1 N–H and O–H groups in total. The minimum Gasteiger partial charge on any atom is -0.335 e. The topological polar surface area (TPSA) is 61.9 Å². The first-order valence-corrected chi connectivity index (χ1v) is 8.06. The molecule has 0 aliphatic rings. The van der Waals surface area contributed by atoms with E-state index in [-0.39, 0.29) is 5.91 Å². The highest BCUT2D eigenvalue weighted by molar-refractivity contribution is 7.18. The summed E-state index contributed by atoms with van der Waals surface area (Å²) >= 11 is 1.62. The van der Waals surface area contributed by atoms with Crippen molar-refractivity contribution < 1.29 is 4.79 Å². The average Bonchev–Trinajstić information content (AvgIpc) is 3.19. The summed E-state index contributed by atoms with van der Waals surface area (Å²) in [5.74, 6) is -0.0425. The molecular weight excluding hydrogens is 308 g/mol. The van der Waals surface area contributed by atoms with Crippen molar-refractivity contribution in [3.8, 4) is 0 Å². The molecule has 0 radical (unpaired) electrons. The van der Waals surface area contributed by atoms with Crippen LogP contribution in [0.5, 0.6) is 0 Å². The SMILES string of the molecule is CN(Cc1nc2ccccc2s1)C(=O)c1cccc2cn[nH]c12. The molecule has 0 unspecified atom stereocenters. The second kappa shape index (κ2) is 5.48. The maximum atomic E-state index is 12.7. The molecule has 2 heterocycles. The molecule has 0 saturated carbocycles. The first-order valence-electron chi connectivity index (χ1n) is 7.24. The summed E-state index contributed by atoms with van der Waals surface area (Å²) in [7, 11) is 1.80. The number of para-hydroxylation sites is 2. The van der Waals surface area contributed by atoms with Gasteiger partial charge in [-0.1, -0.05) is 24.3 Å². The first-order chi connectivity index (χ1) is 11.2. The molecule has 0 aliphatic heterocycles. The fourth-order valence-corrected chi connectivity index (χ4v) is 3.64. The normalized spacial score (nSPS) is 11.2. The van der Waals surface area contributed by atoms with E-state index in [0.29, 0.717) is 12.1 Å². The lowest BCUT2D eigenvalue weighted by Crippen LogP contribution is -2.26. The van der Waals surface area contributed by atoms with Crippen molar-refractivity contribution in [1.82, 2.24) is 20.1 Å². The summed E-state index contributed by atoms with van der Waals surface area (Å²) in [6.07, 6.45) is 1.72. The highest BCUT2D eigenvalue weighted by atomic mass is 32.1. The Bertz CT molecular complexity index is 971. The number of nitrogens with zero attached hydrogens (tertiary/aromatic N) is 3. The minimum atomic E-state index is -0.0425. The Morgan fingerprint density at radius 3 is 2.96 bits per heavy atom. The van der Waals surface area contributed by atoms with Crippen LogP contribution < -0.4 is 0 Å². The second-order valence-electron chi connectivity index (χ2n) is 5.38. The van der Waals surface area contributed by atoms with Crippen molar-refractivity contribution in [2.75, 3.05) is 7.05 Å². The lowest BCUT2D eigenvalue weighted by Gasteiger charge is -2.16. The van der Waals surface area contributed by atoms with E-state index in [0.717, 1.165) is 26.1 Å². The van der Waals surface area contributed by atoms with Gasteiger partial charge in [-0.05, 0) is 18.2 Å². The largest absolute Gasteiger partial charge is 0.335 e. The monoisotopic (exact) mass is 322 g/mol. The molecule has 2 aromatic carbocycles. The van der Waals surface area contributed by atoms with Crippen LogP contribution in [-0.4, -0.2) is 33.0 Å². The highest BCUT2D eigenvalue weighted by Gasteiger charge is 2.17. The molecule has 1 amide bonds. The Balaban J connectivity index is 1.62. The summed E-state index contributed by atoms with van der Waals surface area (Å²) < 4.78 is 1.14. The Kier molecular flexibility index (Phi) is 3.31. The Labute approximate surface area is 136 Å². The number of amides is 1. The van der Waals surface area contributed by atoms with Crippen LogP contribution in [0.1, 0.15) is 15.4 Å².